The van der Waals surface area contributed by atoms with Crippen molar-refractivity contribution in [2.45, 2.75) is 6.92 Å². The largest absolute Gasteiger partial charge is 0.420 e. The summed E-state index contributed by atoms with van der Waals surface area (Å²) in [5.74, 6) is -1.73. The second kappa shape index (κ2) is 5.48. The molecule has 0 saturated heterocycles. The topological polar surface area (TPSA) is 69.4 Å². The molecule has 0 saturated carbocycles. The quantitative estimate of drug-likeness (QED) is 0.373. The molecule has 0 aromatic heterocycles. The number of nitrogens with zero attached hydrogens (tertiary/aromatic N) is 1. The first-order chi connectivity index (χ1) is 9.50. The molecule has 0 aliphatic rings. The van der Waals surface area contributed by atoms with Crippen LogP contribution in [0.15, 0.2) is 42.5 Å². The molecule has 0 unspecified atom stereocenters. The van der Waals surface area contributed by atoms with E-state index in [2.05, 4.69) is 0 Å². The van der Waals surface area contributed by atoms with Crippen LogP contribution in [0.25, 0.3) is 0 Å². The monoisotopic (exact) mass is 275 g/mol. The van der Waals surface area contributed by atoms with E-state index in [1.54, 1.807) is 0 Å². The van der Waals surface area contributed by atoms with Gasteiger partial charge in [-0.05, 0) is 25.1 Å². The van der Waals surface area contributed by atoms with E-state index in [0.717, 1.165) is 6.07 Å². The van der Waals surface area contributed by atoms with Crippen molar-refractivity contribution in [2.75, 3.05) is 0 Å². The predicted molar refractivity (Wildman–Crippen MR) is 69.2 cm³/mol. The molecular weight excluding hydrogens is 265 g/mol. The smallest absolute Gasteiger partial charge is 0.344 e. The summed E-state index contributed by atoms with van der Waals surface area (Å²) < 4.78 is 18.3. The first-order valence-electron chi connectivity index (χ1n) is 5.71. The Kier molecular flexibility index (Phi) is 3.74. The van der Waals surface area contributed by atoms with Gasteiger partial charge in [0.2, 0.25) is 0 Å². The number of para-hydroxylation sites is 1. The zero-order chi connectivity index (χ0) is 14.7. The van der Waals surface area contributed by atoms with Gasteiger partial charge in [0.1, 0.15) is 0 Å². The minimum absolute atomic E-state index is 0.0300. The summed E-state index contributed by atoms with van der Waals surface area (Å²) in [6, 6.07) is 9.50. The molecule has 0 aliphatic carbocycles. The number of rotatable bonds is 3. The average Bonchev–Trinajstić information content (AvgIpc) is 2.41. The SMILES string of the molecule is Cc1c(C(=O)Oc2ccccc2F)cccc1[N+](=O)[O-]. The lowest BCUT2D eigenvalue weighted by molar-refractivity contribution is -0.385. The lowest BCUT2D eigenvalue weighted by Gasteiger charge is -2.07. The van der Waals surface area contributed by atoms with Gasteiger partial charge in [-0.25, -0.2) is 9.18 Å². The summed E-state index contributed by atoms with van der Waals surface area (Å²) in [6.45, 7) is 1.44. The number of hydrogen-bond donors (Lipinski definition) is 0. The third-order valence-electron chi connectivity index (χ3n) is 2.76. The Morgan fingerprint density at radius 3 is 2.55 bits per heavy atom. The number of halogens is 1. The third-order valence-corrected chi connectivity index (χ3v) is 2.76. The predicted octanol–water partition coefficient (Wildman–Crippen LogP) is 3.26. The minimum atomic E-state index is -0.837. The van der Waals surface area contributed by atoms with Gasteiger partial charge in [-0.2, -0.15) is 0 Å². The van der Waals surface area contributed by atoms with Crippen LogP contribution in [-0.4, -0.2) is 10.9 Å². The fourth-order valence-electron chi connectivity index (χ4n) is 1.72. The fraction of sp³-hybridized carbons (Fsp3) is 0.0714. The van der Waals surface area contributed by atoms with Gasteiger partial charge in [0.15, 0.2) is 11.6 Å². The van der Waals surface area contributed by atoms with Gasteiger partial charge in [-0.1, -0.05) is 18.2 Å². The summed E-state index contributed by atoms with van der Waals surface area (Å²) >= 11 is 0. The maximum atomic E-state index is 13.4. The van der Waals surface area contributed by atoms with Crippen molar-refractivity contribution in [1.29, 1.82) is 0 Å². The highest BCUT2D eigenvalue weighted by Gasteiger charge is 2.20. The van der Waals surface area contributed by atoms with Crippen LogP contribution in [0, 0.1) is 22.9 Å². The molecule has 2 aromatic carbocycles. The van der Waals surface area contributed by atoms with Gasteiger partial charge in [-0.3, -0.25) is 10.1 Å². The molecule has 6 heteroatoms. The molecule has 0 amide bonds. The lowest BCUT2D eigenvalue weighted by Crippen LogP contribution is -2.12. The molecule has 0 bridgehead atoms. The highest BCUT2D eigenvalue weighted by molar-refractivity contribution is 5.93. The van der Waals surface area contributed by atoms with Crippen molar-refractivity contribution >= 4 is 11.7 Å². The molecule has 0 N–H and O–H groups in total. The van der Waals surface area contributed by atoms with E-state index < -0.39 is 16.7 Å². The van der Waals surface area contributed by atoms with Crippen LogP contribution in [0.1, 0.15) is 15.9 Å². The molecule has 0 fully saturated rings. The first-order valence-corrected chi connectivity index (χ1v) is 5.71. The molecule has 2 aromatic rings. The van der Waals surface area contributed by atoms with Gasteiger partial charge < -0.3 is 4.74 Å². The van der Waals surface area contributed by atoms with E-state index >= 15 is 0 Å². The average molecular weight is 275 g/mol. The molecule has 0 radical (unpaired) electrons. The van der Waals surface area contributed by atoms with E-state index in [0.29, 0.717) is 0 Å². The van der Waals surface area contributed by atoms with Gasteiger partial charge in [0.05, 0.1) is 10.5 Å². The van der Waals surface area contributed by atoms with Crippen LogP contribution >= 0.6 is 0 Å². The summed E-state index contributed by atoms with van der Waals surface area (Å²) in [5, 5.41) is 10.8. The Bertz CT molecular complexity index is 685. The molecule has 0 aliphatic heterocycles. The Hall–Kier alpha value is -2.76. The highest BCUT2D eigenvalue weighted by atomic mass is 19.1. The number of carbonyl (C=O) groups is 1. The van der Waals surface area contributed by atoms with Gasteiger partial charge >= 0.3 is 5.97 Å². The molecule has 0 atom stereocenters. The Labute approximate surface area is 113 Å². The number of nitro groups is 1. The van der Waals surface area contributed by atoms with Gasteiger partial charge in [0, 0.05) is 11.6 Å². The van der Waals surface area contributed by atoms with E-state index in [1.807, 2.05) is 0 Å². The number of carbonyl (C=O) groups excluding carboxylic acids is 1. The number of ether oxygens (including phenoxy) is 1. The summed E-state index contributed by atoms with van der Waals surface area (Å²) in [4.78, 5) is 22.2. The van der Waals surface area contributed by atoms with Crippen molar-refractivity contribution in [2.24, 2.45) is 0 Å². The minimum Gasteiger partial charge on any atom is -0.420 e. The second-order valence-electron chi connectivity index (χ2n) is 4.03. The normalized spacial score (nSPS) is 10.1. The van der Waals surface area contributed by atoms with E-state index in [-0.39, 0.29) is 22.6 Å². The summed E-state index contributed by atoms with van der Waals surface area (Å²) in [6.07, 6.45) is 0. The number of nitro benzene ring substituents is 1. The zero-order valence-electron chi connectivity index (χ0n) is 10.5. The molecule has 20 heavy (non-hydrogen) atoms. The maximum Gasteiger partial charge on any atom is 0.344 e. The highest BCUT2D eigenvalue weighted by Crippen LogP contribution is 2.23. The van der Waals surface area contributed by atoms with E-state index in [9.17, 15) is 19.3 Å². The third kappa shape index (κ3) is 2.64. The maximum absolute atomic E-state index is 13.4. The molecule has 102 valence electrons. The first kappa shape index (κ1) is 13.7. The number of esters is 1. The van der Waals surface area contributed by atoms with E-state index in [1.165, 1.54) is 43.3 Å². The summed E-state index contributed by atoms with van der Waals surface area (Å²) in [7, 11) is 0. The molecule has 5 nitrogen and oxygen atoms in total. The van der Waals surface area contributed by atoms with Crippen molar-refractivity contribution in [3.63, 3.8) is 0 Å². The fourth-order valence-corrected chi connectivity index (χ4v) is 1.72. The number of benzene rings is 2. The molecule has 0 heterocycles. The molecule has 0 spiro atoms. The molecule has 2 rings (SSSR count). The van der Waals surface area contributed by atoms with Crippen molar-refractivity contribution in [1.82, 2.24) is 0 Å². The van der Waals surface area contributed by atoms with Crippen LogP contribution in [0.4, 0.5) is 10.1 Å². The van der Waals surface area contributed by atoms with Crippen molar-refractivity contribution < 1.29 is 18.8 Å². The van der Waals surface area contributed by atoms with Gasteiger partial charge in [0.25, 0.3) is 5.69 Å². The van der Waals surface area contributed by atoms with Gasteiger partial charge in [-0.15, -0.1) is 0 Å². The zero-order valence-corrected chi connectivity index (χ0v) is 10.5. The standard InChI is InChI=1S/C14H10FNO4/c1-9-10(5-4-7-12(9)16(18)19)14(17)20-13-8-3-2-6-11(13)15/h2-8H,1H3. The summed E-state index contributed by atoms with van der Waals surface area (Å²) in [5.41, 5.74) is 0.0225. The Morgan fingerprint density at radius 1 is 1.20 bits per heavy atom. The molecular formula is C14H10FNO4. The van der Waals surface area contributed by atoms with Crippen molar-refractivity contribution in [3.05, 3.63) is 69.5 Å². The second-order valence-corrected chi connectivity index (χ2v) is 4.03. The number of hydrogen-bond acceptors (Lipinski definition) is 4. The van der Waals surface area contributed by atoms with Crippen molar-refractivity contribution in [3.8, 4) is 5.75 Å². The van der Waals surface area contributed by atoms with Crippen LogP contribution in [0.2, 0.25) is 0 Å². The van der Waals surface area contributed by atoms with Crippen LogP contribution in [0.3, 0.4) is 0 Å². The Morgan fingerprint density at radius 2 is 1.90 bits per heavy atom. The van der Waals surface area contributed by atoms with Crippen LogP contribution in [-0.2, 0) is 0 Å². The Balaban J connectivity index is 2.33. The van der Waals surface area contributed by atoms with E-state index in [4.69, 9.17) is 4.74 Å². The van der Waals surface area contributed by atoms with Crippen LogP contribution in [0.5, 0.6) is 5.75 Å². The lowest BCUT2D eigenvalue weighted by atomic mass is 10.1. The van der Waals surface area contributed by atoms with Crippen LogP contribution < -0.4 is 4.74 Å².